The average molecular weight is 638 g/mol. The van der Waals surface area contributed by atoms with Crippen molar-refractivity contribution in [3.05, 3.63) is 107 Å². The minimum Gasteiger partial charge on any atom is -0.497 e. The molecule has 10 nitrogen and oxygen atoms in total. The zero-order valence-electron chi connectivity index (χ0n) is 24.4. The van der Waals surface area contributed by atoms with Crippen LogP contribution >= 0.6 is 11.6 Å². The molecule has 0 spiro atoms. The van der Waals surface area contributed by atoms with E-state index in [1.807, 2.05) is 19.1 Å². The highest BCUT2D eigenvalue weighted by Crippen LogP contribution is 2.35. The summed E-state index contributed by atoms with van der Waals surface area (Å²) in [5.74, 6) is 0.985. The molecule has 44 heavy (non-hydrogen) atoms. The minimum absolute atomic E-state index is 0.00278. The standard InChI is InChI=1S/C32H32ClN3O7S/c1-4-42-31-18-24(12-16-30(31)43-22-23-10-13-25(33)14-11-23)20-34-35-32(37)21-36(44(38,39)27-8-6-5-7-9-27)28-19-26(40-2)15-17-29(28)41-3/h5-20H,4,21-22H2,1-3H3,(H,35,37)/b34-20-. The number of nitrogens with one attached hydrogen (secondary N) is 1. The topological polar surface area (TPSA) is 116 Å². The van der Waals surface area contributed by atoms with Crippen molar-refractivity contribution in [2.45, 2.75) is 18.4 Å². The maximum absolute atomic E-state index is 13.7. The zero-order chi connectivity index (χ0) is 31.5. The number of hydrogen-bond acceptors (Lipinski definition) is 8. The van der Waals surface area contributed by atoms with E-state index in [2.05, 4.69) is 10.5 Å². The number of nitrogens with zero attached hydrogens (tertiary/aromatic N) is 2. The maximum Gasteiger partial charge on any atom is 0.264 e. The van der Waals surface area contributed by atoms with Crippen LogP contribution in [0.2, 0.25) is 5.02 Å². The molecule has 0 bridgehead atoms. The van der Waals surface area contributed by atoms with Crippen LogP contribution in [0, 0.1) is 0 Å². The number of ether oxygens (including phenoxy) is 4. The Labute approximate surface area is 261 Å². The molecule has 0 unspecified atom stereocenters. The van der Waals surface area contributed by atoms with Gasteiger partial charge in [-0.2, -0.15) is 5.10 Å². The fourth-order valence-corrected chi connectivity index (χ4v) is 5.66. The molecule has 0 aliphatic carbocycles. The Kier molecular flexibility index (Phi) is 11.1. The molecule has 1 amide bonds. The third-order valence-corrected chi connectivity index (χ3v) is 8.28. The van der Waals surface area contributed by atoms with E-state index in [1.54, 1.807) is 60.7 Å². The smallest absolute Gasteiger partial charge is 0.264 e. The number of sulfonamides is 1. The van der Waals surface area contributed by atoms with Crippen LogP contribution in [0.25, 0.3) is 0 Å². The molecule has 0 aliphatic rings. The molecule has 0 aromatic heterocycles. The highest BCUT2D eigenvalue weighted by molar-refractivity contribution is 7.92. The molecule has 12 heteroatoms. The molecular weight excluding hydrogens is 606 g/mol. The second-order valence-corrected chi connectivity index (χ2v) is 11.5. The average Bonchev–Trinajstić information content (AvgIpc) is 3.04. The molecule has 4 aromatic rings. The lowest BCUT2D eigenvalue weighted by atomic mass is 10.2. The number of rotatable bonds is 14. The number of amides is 1. The largest absolute Gasteiger partial charge is 0.497 e. The fourth-order valence-electron chi connectivity index (χ4n) is 4.09. The molecule has 0 aliphatic heterocycles. The first-order valence-electron chi connectivity index (χ1n) is 13.5. The van der Waals surface area contributed by atoms with Gasteiger partial charge in [0.25, 0.3) is 15.9 Å². The predicted molar refractivity (Wildman–Crippen MR) is 170 cm³/mol. The van der Waals surface area contributed by atoms with Gasteiger partial charge in [0, 0.05) is 11.1 Å². The van der Waals surface area contributed by atoms with Gasteiger partial charge in [-0.25, -0.2) is 13.8 Å². The number of methoxy groups -OCH3 is 2. The van der Waals surface area contributed by atoms with Crippen LogP contribution in [0.5, 0.6) is 23.0 Å². The van der Waals surface area contributed by atoms with Crippen molar-refractivity contribution < 1.29 is 32.2 Å². The number of hydrogen-bond donors (Lipinski definition) is 1. The summed E-state index contributed by atoms with van der Waals surface area (Å²) >= 11 is 5.96. The van der Waals surface area contributed by atoms with Crippen molar-refractivity contribution in [1.82, 2.24) is 5.43 Å². The van der Waals surface area contributed by atoms with E-state index in [0.717, 1.165) is 9.87 Å². The summed E-state index contributed by atoms with van der Waals surface area (Å²) in [5.41, 5.74) is 4.10. The molecule has 4 rings (SSSR count). The third kappa shape index (κ3) is 8.21. The first kappa shape index (κ1) is 32.2. The Morgan fingerprint density at radius 1 is 0.886 bits per heavy atom. The van der Waals surface area contributed by atoms with Crippen LogP contribution in [-0.2, 0) is 21.4 Å². The van der Waals surface area contributed by atoms with Crippen molar-refractivity contribution in [1.29, 1.82) is 0 Å². The normalized spacial score (nSPS) is 11.2. The Balaban J connectivity index is 1.51. The molecule has 0 radical (unpaired) electrons. The van der Waals surface area contributed by atoms with Crippen molar-refractivity contribution in [2.75, 3.05) is 31.7 Å². The van der Waals surface area contributed by atoms with Crippen molar-refractivity contribution >= 4 is 39.4 Å². The number of carbonyl (C=O) groups is 1. The van der Waals surface area contributed by atoms with Gasteiger partial charge in [-0.05, 0) is 72.6 Å². The Hall–Kier alpha value is -4.74. The molecule has 1 N–H and O–H groups in total. The van der Waals surface area contributed by atoms with Crippen LogP contribution < -0.4 is 28.7 Å². The lowest BCUT2D eigenvalue weighted by Crippen LogP contribution is -2.39. The third-order valence-electron chi connectivity index (χ3n) is 6.25. The highest BCUT2D eigenvalue weighted by atomic mass is 35.5. The summed E-state index contributed by atoms with van der Waals surface area (Å²) in [6, 6.07) is 25.0. The van der Waals surface area contributed by atoms with E-state index in [-0.39, 0.29) is 16.3 Å². The lowest BCUT2D eigenvalue weighted by molar-refractivity contribution is -0.119. The molecule has 0 heterocycles. The van der Waals surface area contributed by atoms with Gasteiger partial charge in [-0.3, -0.25) is 9.10 Å². The van der Waals surface area contributed by atoms with Gasteiger partial charge < -0.3 is 18.9 Å². The molecule has 0 saturated heterocycles. The predicted octanol–water partition coefficient (Wildman–Crippen LogP) is 5.68. The maximum atomic E-state index is 13.7. The molecule has 0 atom stereocenters. The first-order chi connectivity index (χ1) is 21.2. The van der Waals surface area contributed by atoms with E-state index < -0.39 is 22.5 Å². The SMILES string of the molecule is CCOc1cc(/C=N\NC(=O)CN(c2cc(OC)ccc2OC)S(=O)(=O)c2ccccc2)ccc1OCc1ccc(Cl)cc1. The molecule has 0 saturated carbocycles. The van der Waals surface area contributed by atoms with Crippen molar-refractivity contribution in [3.8, 4) is 23.0 Å². The summed E-state index contributed by atoms with van der Waals surface area (Å²) in [6.07, 6.45) is 1.42. The second kappa shape index (κ2) is 15.1. The molecule has 230 valence electrons. The van der Waals surface area contributed by atoms with Gasteiger partial charge >= 0.3 is 0 Å². The number of anilines is 1. The molecule has 4 aromatic carbocycles. The zero-order valence-corrected chi connectivity index (χ0v) is 26.0. The molecular formula is C32H32ClN3O7S. The fraction of sp³-hybridized carbons (Fsp3) is 0.188. The van der Waals surface area contributed by atoms with Gasteiger partial charge in [-0.1, -0.05) is 41.9 Å². The van der Waals surface area contributed by atoms with Crippen molar-refractivity contribution in [3.63, 3.8) is 0 Å². The first-order valence-corrected chi connectivity index (χ1v) is 15.3. The number of carbonyl (C=O) groups excluding carboxylic acids is 1. The van der Waals surface area contributed by atoms with Gasteiger partial charge in [0.05, 0.1) is 37.6 Å². The van der Waals surface area contributed by atoms with Crippen molar-refractivity contribution in [2.24, 2.45) is 5.10 Å². The van der Waals surface area contributed by atoms with Gasteiger partial charge in [0.2, 0.25) is 0 Å². The summed E-state index contributed by atoms with van der Waals surface area (Å²) < 4.78 is 50.7. The monoisotopic (exact) mass is 637 g/mol. The second-order valence-electron chi connectivity index (χ2n) is 9.21. The van der Waals surface area contributed by atoms with Gasteiger partial charge in [-0.15, -0.1) is 0 Å². The van der Waals surface area contributed by atoms with E-state index >= 15 is 0 Å². The lowest BCUT2D eigenvalue weighted by Gasteiger charge is -2.25. The van der Waals surface area contributed by atoms with E-state index in [0.29, 0.717) is 41.0 Å². The number of hydrazone groups is 1. The van der Waals surface area contributed by atoms with Gasteiger partial charge in [0.1, 0.15) is 24.7 Å². The van der Waals surface area contributed by atoms with Crippen LogP contribution in [0.4, 0.5) is 5.69 Å². The summed E-state index contributed by atoms with van der Waals surface area (Å²) in [4.78, 5) is 13.1. The van der Waals surface area contributed by atoms with Crippen LogP contribution in [0.15, 0.2) is 101 Å². The summed E-state index contributed by atoms with van der Waals surface area (Å²) in [6.45, 7) is 2.01. The number of halogens is 1. The van der Waals surface area contributed by atoms with E-state index in [9.17, 15) is 13.2 Å². The summed E-state index contributed by atoms with van der Waals surface area (Å²) in [7, 11) is -1.31. The van der Waals surface area contributed by atoms with E-state index in [4.69, 9.17) is 30.5 Å². The van der Waals surface area contributed by atoms with Gasteiger partial charge in [0.15, 0.2) is 11.5 Å². The Morgan fingerprint density at radius 2 is 1.61 bits per heavy atom. The van der Waals surface area contributed by atoms with Crippen LogP contribution in [-0.4, -0.2) is 47.9 Å². The molecule has 0 fully saturated rings. The minimum atomic E-state index is -4.18. The number of benzene rings is 4. The van der Waals surface area contributed by atoms with Crippen LogP contribution in [0.3, 0.4) is 0 Å². The highest BCUT2D eigenvalue weighted by Gasteiger charge is 2.30. The quantitative estimate of drug-likeness (QED) is 0.140. The van der Waals surface area contributed by atoms with Crippen LogP contribution in [0.1, 0.15) is 18.1 Å². The Bertz CT molecular complexity index is 1700. The Morgan fingerprint density at radius 3 is 2.30 bits per heavy atom. The van der Waals surface area contributed by atoms with E-state index in [1.165, 1.54) is 38.6 Å². The summed E-state index contributed by atoms with van der Waals surface area (Å²) in [5, 5.41) is 4.68.